The third-order valence-corrected chi connectivity index (χ3v) is 4.79. The second kappa shape index (κ2) is 6.45. The molecule has 2 aliphatic rings. The van der Waals surface area contributed by atoms with Crippen LogP contribution in [-0.4, -0.2) is 47.4 Å². The predicted molar refractivity (Wildman–Crippen MR) is 76.5 cm³/mol. The molecule has 1 saturated heterocycles. The van der Waals surface area contributed by atoms with Crippen molar-refractivity contribution < 1.29 is 19.5 Å². The number of carbonyl (C=O) groups excluding carboxylic acids is 2. The number of hydrogen-bond acceptors (Lipinski definition) is 3. The Morgan fingerprint density at radius 3 is 2.71 bits per heavy atom. The normalized spacial score (nSPS) is 27.5. The number of carboxylic acid groups (broad SMARTS) is 1. The van der Waals surface area contributed by atoms with Gasteiger partial charge in [-0.1, -0.05) is 13.3 Å². The fourth-order valence-corrected chi connectivity index (χ4v) is 3.56. The largest absolute Gasteiger partial charge is 0.481 e. The third-order valence-electron chi connectivity index (χ3n) is 4.79. The Morgan fingerprint density at radius 2 is 2.10 bits per heavy atom. The van der Waals surface area contributed by atoms with Crippen molar-refractivity contribution >= 4 is 17.8 Å². The van der Waals surface area contributed by atoms with E-state index in [-0.39, 0.29) is 30.6 Å². The molecule has 0 bridgehead atoms. The summed E-state index contributed by atoms with van der Waals surface area (Å²) in [5.41, 5.74) is -0.736. The van der Waals surface area contributed by atoms with Crippen LogP contribution in [0.1, 0.15) is 45.4 Å². The average molecular weight is 296 g/mol. The number of amides is 2. The fraction of sp³-hybridized carbons (Fsp3) is 0.800. The lowest BCUT2D eigenvalue weighted by atomic mass is 9.81. The minimum Gasteiger partial charge on any atom is -0.481 e. The fourth-order valence-electron chi connectivity index (χ4n) is 3.56. The molecule has 21 heavy (non-hydrogen) atoms. The molecule has 0 spiro atoms. The van der Waals surface area contributed by atoms with Crippen LogP contribution in [0.4, 0.5) is 0 Å². The Morgan fingerprint density at radius 1 is 1.33 bits per heavy atom. The molecular formula is C15H24N2O4. The summed E-state index contributed by atoms with van der Waals surface area (Å²) in [5.74, 6) is -0.914. The minimum atomic E-state index is -0.777. The molecule has 2 amide bonds. The summed E-state index contributed by atoms with van der Waals surface area (Å²) in [5, 5.41) is 12.2. The van der Waals surface area contributed by atoms with Gasteiger partial charge in [-0.3, -0.25) is 14.4 Å². The highest BCUT2D eigenvalue weighted by molar-refractivity contribution is 5.85. The number of carbonyl (C=O) groups is 3. The van der Waals surface area contributed by atoms with E-state index < -0.39 is 11.4 Å². The summed E-state index contributed by atoms with van der Waals surface area (Å²) in [6, 6.07) is 0. The van der Waals surface area contributed by atoms with Crippen molar-refractivity contribution in [3.8, 4) is 0 Å². The Kier molecular flexibility index (Phi) is 4.85. The van der Waals surface area contributed by atoms with Crippen LogP contribution in [-0.2, 0) is 14.4 Å². The van der Waals surface area contributed by atoms with Crippen LogP contribution in [0.2, 0.25) is 0 Å². The van der Waals surface area contributed by atoms with E-state index in [9.17, 15) is 19.5 Å². The Hall–Kier alpha value is -1.59. The molecule has 1 saturated carbocycles. The lowest BCUT2D eigenvalue weighted by Crippen LogP contribution is -2.37. The zero-order valence-corrected chi connectivity index (χ0v) is 12.6. The number of rotatable bonds is 6. The highest BCUT2D eigenvalue weighted by Crippen LogP contribution is 2.48. The van der Waals surface area contributed by atoms with Gasteiger partial charge < -0.3 is 15.3 Å². The Bertz CT molecular complexity index is 437. The lowest BCUT2D eigenvalue weighted by molar-refractivity contribution is -0.149. The van der Waals surface area contributed by atoms with Gasteiger partial charge in [0, 0.05) is 32.5 Å². The van der Waals surface area contributed by atoms with Gasteiger partial charge in [0.25, 0.3) is 0 Å². The van der Waals surface area contributed by atoms with Crippen LogP contribution in [0.5, 0.6) is 0 Å². The van der Waals surface area contributed by atoms with Crippen LogP contribution in [0.3, 0.4) is 0 Å². The van der Waals surface area contributed by atoms with Gasteiger partial charge in [0.1, 0.15) is 0 Å². The first-order chi connectivity index (χ1) is 9.99. The maximum absolute atomic E-state index is 12.2. The van der Waals surface area contributed by atoms with Crippen molar-refractivity contribution in [2.75, 3.05) is 19.6 Å². The van der Waals surface area contributed by atoms with E-state index in [4.69, 9.17) is 0 Å². The first kappa shape index (κ1) is 15.8. The summed E-state index contributed by atoms with van der Waals surface area (Å²) >= 11 is 0. The molecule has 0 aromatic rings. The molecular weight excluding hydrogens is 272 g/mol. The van der Waals surface area contributed by atoms with E-state index in [1.165, 1.54) is 0 Å². The van der Waals surface area contributed by atoms with Crippen molar-refractivity contribution in [3.63, 3.8) is 0 Å². The number of nitrogens with one attached hydrogen (secondary N) is 1. The second-order valence-electron chi connectivity index (χ2n) is 6.17. The van der Waals surface area contributed by atoms with Gasteiger partial charge in [-0.15, -0.1) is 0 Å². The van der Waals surface area contributed by atoms with Gasteiger partial charge in [-0.2, -0.15) is 0 Å². The molecule has 6 nitrogen and oxygen atoms in total. The maximum atomic E-state index is 12.2. The summed E-state index contributed by atoms with van der Waals surface area (Å²) in [6.45, 7) is 3.44. The zero-order valence-electron chi connectivity index (χ0n) is 12.6. The summed E-state index contributed by atoms with van der Waals surface area (Å²) in [7, 11) is 0. The quantitative estimate of drug-likeness (QED) is 0.765. The molecule has 2 rings (SSSR count). The van der Waals surface area contributed by atoms with E-state index >= 15 is 0 Å². The zero-order chi connectivity index (χ0) is 15.5. The van der Waals surface area contributed by atoms with E-state index in [0.29, 0.717) is 26.1 Å². The molecule has 0 aromatic heterocycles. The van der Waals surface area contributed by atoms with Crippen molar-refractivity contribution in [1.29, 1.82) is 0 Å². The first-order valence-corrected chi connectivity index (χ1v) is 7.77. The minimum absolute atomic E-state index is 0.0767. The number of aliphatic carboxylic acids is 1. The van der Waals surface area contributed by atoms with Gasteiger partial charge in [0.15, 0.2) is 0 Å². The van der Waals surface area contributed by atoms with Gasteiger partial charge in [0.2, 0.25) is 11.8 Å². The number of likely N-dealkylation sites (tertiary alicyclic amines) is 1. The standard InChI is InChI=1S/C15H24N2O4/c1-2-8-16-12(18)5-6-13(19)17-9-11-4-3-7-15(11,10-17)14(20)21/h11H,2-10H2,1H3,(H,16,18)(H,20,21)/t11-,15+/m0/s1. The van der Waals surface area contributed by atoms with E-state index in [1.54, 1.807) is 4.90 Å². The van der Waals surface area contributed by atoms with Gasteiger partial charge >= 0.3 is 5.97 Å². The molecule has 2 N–H and O–H groups in total. The van der Waals surface area contributed by atoms with Crippen LogP contribution in [0.25, 0.3) is 0 Å². The predicted octanol–water partition coefficient (Wildman–Crippen LogP) is 1.01. The van der Waals surface area contributed by atoms with Crippen LogP contribution < -0.4 is 5.32 Å². The summed E-state index contributed by atoms with van der Waals surface area (Å²) < 4.78 is 0. The van der Waals surface area contributed by atoms with E-state index in [2.05, 4.69) is 5.32 Å². The SMILES string of the molecule is CCCNC(=O)CCC(=O)N1C[C@@H]2CCC[C@@]2(C(=O)O)C1. The van der Waals surface area contributed by atoms with Crippen molar-refractivity contribution in [3.05, 3.63) is 0 Å². The van der Waals surface area contributed by atoms with E-state index in [0.717, 1.165) is 19.3 Å². The van der Waals surface area contributed by atoms with Gasteiger partial charge in [-0.05, 0) is 25.2 Å². The molecule has 2 atom stereocenters. The highest BCUT2D eigenvalue weighted by Gasteiger charge is 2.55. The number of nitrogens with zero attached hydrogens (tertiary/aromatic N) is 1. The molecule has 118 valence electrons. The molecule has 0 unspecified atom stereocenters. The Balaban J connectivity index is 1.85. The number of fused-ring (bicyclic) bond motifs is 1. The molecule has 6 heteroatoms. The van der Waals surface area contributed by atoms with Crippen LogP contribution in [0.15, 0.2) is 0 Å². The van der Waals surface area contributed by atoms with Gasteiger partial charge in [0.05, 0.1) is 5.41 Å². The number of hydrogen-bond donors (Lipinski definition) is 2. The highest BCUT2D eigenvalue weighted by atomic mass is 16.4. The van der Waals surface area contributed by atoms with Gasteiger partial charge in [-0.25, -0.2) is 0 Å². The monoisotopic (exact) mass is 296 g/mol. The van der Waals surface area contributed by atoms with Crippen molar-refractivity contribution in [1.82, 2.24) is 10.2 Å². The maximum Gasteiger partial charge on any atom is 0.311 e. The third kappa shape index (κ3) is 3.19. The van der Waals surface area contributed by atoms with Crippen LogP contribution in [0, 0.1) is 11.3 Å². The smallest absolute Gasteiger partial charge is 0.311 e. The summed E-state index contributed by atoms with van der Waals surface area (Å²) in [6.07, 6.45) is 3.69. The summed E-state index contributed by atoms with van der Waals surface area (Å²) in [4.78, 5) is 36.9. The topological polar surface area (TPSA) is 86.7 Å². The first-order valence-electron chi connectivity index (χ1n) is 7.77. The van der Waals surface area contributed by atoms with Crippen molar-refractivity contribution in [2.45, 2.75) is 45.4 Å². The molecule has 0 radical (unpaired) electrons. The lowest BCUT2D eigenvalue weighted by Gasteiger charge is -2.23. The molecule has 1 aliphatic heterocycles. The van der Waals surface area contributed by atoms with Crippen molar-refractivity contribution in [2.24, 2.45) is 11.3 Å². The molecule has 1 heterocycles. The Labute approximate surface area is 124 Å². The molecule has 0 aromatic carbocycles. The molecule has 2 fully saturated rings. The average Bonchev–Trinajstić information content (AvgIpc) is 3.00. The van der Waals surface area contributed by atoms with E-state index in [1.807, 2.05) is 6.92 Å². The van der Waals surface area contributed by atoms with Crippen LogP contribution >= 0.6 is 0 Å². The number of carboxylic acids is 1. The molecule has 1 aliphatic carbocycles. The second-order valence-corrected chi connectivity index (χ2v) is 6.17.